The zero-order chi connectivity index (χ0) is 24.9. The number of aryl methyl sites for hydroxylation is 1. The summed E-state index contributed by atoms with van der Waals surface area (Å²) in [4.78, 5) is 21.4. The molecule has 0 atom stereocenters. The smallest absolute Gasteiger partial charge is 0.343 e. The fourth-order valence-electron chi connectivity index (χ4n) is 2.86. The van der Waals surface area contributed by atoms with E-state index in [-0.39, 0.29) is 33.5 Å². The molecule has 0 N–H and O–H groups in total. The number of halogens is 5. The summed E-state index contributed by atoms with van der Waals surface area (Å²) in [7, 11) is 0.338. The molecule has 0 aliphatic heterocycles. The van der Waals surface area contributed by atoms with Gasteiger partial charge in [0, 0.05) is 21.1 Å². The average Bonchev–Trinajstić information content (AvgIpc) is 3.07. The highest BCUT2D eigenvalue weighted by Gasteiger charge is 2.60. The molecule has 0 fully saturated rings. The Morgan fingerprint density at radius 1 is 1.09 bits per heavy atom. The lowest BCUT2D eigenvalue weighted by Crippen LogP contribution is -2.34. The van der Waals surface area contributed by atoms with E-state index in [2.05, 4.69) is 20.2 Å². The van der Waals surface area contributed by atoms with Crippen LogP contribution in [0.5, 0.6) is 0 Å². The topological polar surface area (TPSA) is 111 Å². The lowest BCUT2D eigenvalue weighted by atomic mass is 10.2. The van der Waals surface area contributed by atoms with Gasteiger partial charge >= 0.3 is 12.1 Å². The third kappa shape index (κ3) is 4.12. The summed E-state index contributed by atoms with van der Waals surface area (Å²) >= 11 is 0. The van der Waals surface area contributed by atoms with Gasteiger partial charge in [-0.2, -0.15) is 22.0 Å². The van der Waals surface area contributed by atoms with E-state index >= 15 is 0 Å². The third-order valence-electron chi connectivity index (χ3n) is 4.70. The first-order valence-electron chi connectivity index (χ1n) is 9.22. The SMILES string of the molecule is CCS(=O)(=O)c1ccc(C(=O)N(C)C)nc1-c1nc2cc(C(F)(F)C(F)(F)F)nnc2n1C. The van der Waals surface area contributed by atoms with Gasteiger partial charge in [-0.05, 0) is 18.2 Å². The van der Waals surface area contributed by atoms with Crippen molar-refractivity contribution < 1.29 is 35.2 Å². The lowest BCUT2D eigenvalue weighted by molar-refractivity contribution is -0.291. The molecule has 33 heavy (non-hydrogen) atoms. The van der Waals surface area contributed by atoms with E-state index < -0.39 is 39.1 Å². The van der Waals surface area contributed by atoms with E-state index in [1.54, 1.807) is 0 Å². The maximum Gasteiger partial charge on any atom is 0.459 e. The standard InChI is InChI=1S/C18H17F5N6O3S/c1-5-33(31,32)11-7-6-9(16(30)28(2)3)24-13(11)15-25-10-8-12(17(19,20)18(21,22)23)26-27-14(10)29(15)4/h6-8H,5H2,1-4H3. The third-order valence-corrected chi connectivity index (χ3v) is 6.46. The second kappa shape index (κ2) is 7.97. The van der Waals surface area contributed by atoms with Gasteiger partial charge in [-0.15, -0.1) is 10.2 Å². The fourth-order valence-corrected chi connectivity index (χ4v) is 3.88. The minimum Gasteiger partial charge on any atom is -0.343 e. The number of hydrogen-bond donors (Lipinski definition) is 0. The van der Waals surface area contributed by atoms with Gasteiger partial charge in [0.05, 0.1) is 10.6 Å². The molecule has 0 saturated heterocycles. The highest BCUT2D eigenvalue weighted by atomic mass is 32.2. The van der Waals surface area contributed by atoms with Crippen LogP contribution in [0.3, 0.4) is 0 Å². The van der Waals surface area contributed by atoms with E-state index in [9.17, 15) is 35.2 Å². The van der Waals surface area contributed by atoms with E-state index in [0.717, 1.165) is 10.6 Å². The molecule has 0 aliphatic rings. The van der Waals surface area contributed by atoms with Crippen molar-refractivity contribution in [3.63, 3.8) is 0 Å². The summed E-state index contributed by atoms with van der Waals surface area (Å²) < 4.78 is 91.9. The fraction of sp³-hybridized carbons (Fsp3) is 0.389. The molecule has 0 bridgehead atoms. The van der Waals surface area contributed by atoms with Crippen LogP contribution in [0.15, 0.2) is 23.1 Å². The van der Waals surface area contributed by atoms with Gasteiger partial charge in [-0.3, -0.25) is 4.79 Å². The number of imidazole rings is 1. The quantitative estimate of drug-likeness (QED) is 0.504. The number of rotatable bonds is 5. The lowest BCUT2D eigenvalue weighted by Gasteiger charge is -2.17. The Morgan fingerprint density at radius 3 is 2.27 bits per heavy atom. The Morgan fingerprint density at radius 2 is 1.73 bits per heavy atom. The van der Waals surface area contributed by atoms with Crippen molar-refractivity contribution in [1.82, 2.24) is 29.6 Å². The van der Waals surface area contributed by atoms with Crippen molar-refractivity contribution in [3.05, 3.63) is 29.6 Å². The van der Waals surface area contributed by atoms with Gasteiger partial charge in [0.1, 0.15) is 22.6 Å². The second-order valence-electron chi connectivity index (χ2n) is 7.15. The van der Waals surface area contributed by atoms with Crippen LogP contribution in [-0.4, -0.2) is 70.0 Å². The number of alkyl halides is 5. The molecule has 1 amide bonds. The molecule has 3 aromatic rings. The molecule has 0 aliphatic carbocycles. The Balaban J connectivity index is 2.30. The number of aromatic nitrogens is 5. The molecule has 3 aromatic heterocycles. The monoisotopic (exact) mass is 492 g/mol. The van der Waals surface area contributed by atoms with Crippen LogP contribution in [0.1, 0.15) is 23.1 Å². The molecule has 3 heterocycles. The first-order valence-corrected chi connectivity index (χ1v) is 10.9. The van der Waals surface area contributed by atoms with Crippen molar-refractivity contribution in [2.75, 3.05) is 19.8 Å². The van der Waals surface area contributed by atoms with Gasteiger partial charge < -0.3 is 9.47 Å². The van der Waals surface area contributed by atoms with Crippen molar-refractivity contribution in [3.8, 4) is 11.5 Å². The van der Waals surface area contributed by atoms with E-state index in [1.807, 2.05) is 0 Å². The van der Waals surface area contributed by atoms with Gasteiger partial charge in [0.25, 0.3) is 5.91 Å². The summed E-state index contributed by atoms with van der Waals surface area (Å²) in [6, 6.07) is 2.78. The summed E-state index contributed by atoms with van der Waals surface area (Å²) in [6.45, 7) is 1.38. The van der Waals surface area contributed by atoms with E-state index in [0.29, 0.717) is 6.07 Å². The first-order chi connectivity index (χ1) is 15.1. The van der Waals surface area contributed by atoms with E-state index in [4.69, 9.17) is 0 Å². The molecule has 3 rings (SSSR count). The number of amides is 1. The van der Waals surface area contributed by atoms with E-state index in [1.165, 1.54) is 39.0 Å². The van der Waals surface area contributed by atoms with Gasteiger partial charge in [0.15, 0.2) is 21.3 Å². The van der Waals surface area contributed by atoms with Crippen LogP contribution in [0.25, 0.3) is 22.7 Å². The number of fused-ring (bicyclic) bond motifs is 1. The number of sulfone groups is 1. The molecule has 0 spiro atoms. The molecular weight excluding hydrogens is 475 g/mol. The minimum atomic E-state index is -5.90. The molecule has 0 unspecified atom stereocenters. The Labute approximate surface area is 184 Å². The van der Waals surface area contributed by atoms with Crippen molar-refractivity contribution in [1.29, 1.82) is 0 Å². The summed E-state index contributed by atoms with van der Waals surface area (Å²) in [5.74, 6) is -6.37. The molecule has 0 radical (unpaired) electrons. The normalized spacial score (nSPS) is 12.9. The predicted molar refractivity (Wildman–Crippen MR) is 105 cm³/mol. The predicted octanol–water partition coefficient (Wildman–Crippen LogP) is 2.57. The van der Waals surface area contributed by atoms with Crippen LogP contribution in [0.4, 0.5) is 22.0 Å². The Kier molecular flexibility index (Phi) is 5.89. The maximum absolute atomic E-state index is 13.7. The number of hydrogen-bond acceptors (Lipinski definition) is 7. The number of pyridine rings is 1. The average molecular weight is 492 g/mol. The van der Waals surface area contributed by atoms with Crippen LogP contribution in [0.2, 0.25) is 0 Å². The van der Waals surface area contributed by atoms with Crippen LogP contribution in [-0.2, 0) is 22.8 Å². The molecule has 9 nitrogen and oxygen atoms in total. The largest absolute Gasteiger partial charge is 0.459 e. The number of carbonyl (C=O) groups excluding carboxylic acids is 1. The molecule has 0 saturated carbocycles. The van der Waals surface area contributed by atoms with Gasteiger partial charge in [-0.1, -0.05) is 6.92 Å². The molecule has 178 valence electrons. The first kappa shape index (κ1) is 24.4. The molecule has 0 aromatic carbocycles. The summed E-state index contributed by atoms with van der Waals surface area (Å²) in [5.41, 5.74) is -2.68. The summed E-state index contributed by atoms with van der Waals surface area (Å²) in [6.07, 6.45) is -5.90. The Bertz CT molecular complexity index is 1350. The van der Waals surface area contributed by atoms with Crippen molar-refractivity contribution in [2.45, 2.75) is 23.9 Å². The van der Waals surface area contributed by atoms with Crippen LogP contribution < -0.4 is 0 Å². The molecular formula is C18H17F5N6O3S. The highest BCUT2D eigenvalue weighted by molar-refractivity contribution is 7.91. The van der Waals surface area contributed by atoms with Gasteiger partial charge in [-0.25, -0.2) is 18.4 Å². The van der Waals surface area contributed by atoms with Gasteiger partial charge in [0.2, 0.25) is 0 Å². The minimum absolute atomic E-state index is 0.132. The maximum atomic E-state index is 13.7. The van der Waals surface area contributed by atoms with Crippen LogP contribution >= 0.6 is 0 Å². The van der Waals surface area contributed by atoms with Crippen molar-refractivity contribution in [2.24, 2.45) is 7.05 Å². The zero-order valence-corrected chi connectivity index (χ0v) is 18.5. The highest BCUT2D eigenvalue weighted by Crippen LogP contribution is 2.43. The molecule has 15 heteroatoms. The summed E-state index contributed by atoms with van der Waals surface area (Å²) in [5, 5.41) is 6.41. The van der Waals surface area contributed by atoms with Crippen molar-refractivity contribution >= 4 is 26.9 Å². The second-order valence-corrected chi connectivity index (χ2v) is 9.40. The Hall–Kier alpha value is -3.23. The number of nitrogens with zero attached hydrogens (tertiary/aromatic N) is 6. The zero-order valence-electron chi connectivity index (χ0n) is 17.6. The number of carbonyl (C=O) groups is 1. The van der Waals surface area contributed by atoms with Crippen LogP contribution in [0, 0.1) is 0 Å².